The SMILES string of the molecule is CC1(C)OC2CN(Cl)[C@H](CO[Si](C)(C)C(C)(C)C)C2O1. The van der Waals surface area contributed by atoms with Gasteiger partial charge in [-0.05, 0) is 43.8 Å². The fraction of sp³-hybridized carbons (Fsp3) is 1.00. The first-order valence-corrected chi connectivity index (χ1v) is 10.6. The number of fused-ring (bicyclic) bond motifs is 1. The summed E-state index contributed by atoms with van der Waals surface area (Å²) in [7, 11) is -1.76. The van der Waals surface area contributed by atoms with Gasteiger partial charge in [-0.2, -0.15) is 0 Å². The summed E-state index contributed by atoms with van der Waals surface area (Å²) >= 11 is 6.33. The first-order chi connectivity index (χ1) is 8.93. The molecule has 0 amide bonds. The minimum atomic E-state index is -1.76. The van der Waals surface area contributed by atoms with Crippen LogP contribution in [0.2, 0.25) is 18.1 Å². The maximum Gasteiger partial charge on any atom is 0.192 e. The molecular formula is C14H28ClNO3Si. The molecule has 2 saturated heterocycles. The molecule has 2 aliphatic heterocycles. The normalized spacial score (nSPS) is 34.5. The van der Waals surface area contributed by atoms with E-state index in [1.165, 1.54) is 0 Å². The van der Waals surface area contributed by atoms with Gasteiger partial charge in [-0.25, -0.2) is 4.42 Å². The molecule has 0 N–H and O–H groups in total. The zero-order chi connectivity index (χ0) is 15.3. The van der Waals surface area contributed by atoms with Crippen LogP contribution in [0.1, 0.15) is 34.6 Å². The molecule has 20 heavy (non-hydrogen) atoms. The number of hydrogen-bond acceptors (Lipinski definition) is 4. The first-order valence-electron chi connectivity index (χ1n) is 7.35. The molecule has 2 heterocycles. The summed E-state index contributed by atoms with van der Waals surface area (Å²) in [5, 5.41) is 0.203. The van der Waals surface area contributed by atoms with E-state index in [2.05, 4.69) is 33.9 Å². The summed E-state index contributed by atoms with van der Waals surface area (Å²) in [6.45, 7) is 16.5. The maximum atomic E-state index is 6.33. The molecule has 0 bridgehead atoms. The van der Waals surface area contributed by atoms with Crippen LogP contribution in [0.3, 0.4) is 0 Å². The van der Waals surface area contributed by atoms with E-state index in [0.29, 0.717) is 13.2 Å². The van der Waals surface area contributed by atoms with Gasteiger partial charge in [0.25, 0.3) is 0 Å². The lowest BCUT2D eigenvalue weighted by atomic mass is 10.1. The second-order valence-electron chi connectivity index (χ2n) is 7.86. The summed E-state index contributed by atoms with van der Waals surface area (Å²) in [5.74, 6) is -0.511. The van der Waals surface area contributed by atoms with Crippen molar-refractivity contribution >= 4 is 20.1 Å². The lowest BCUT2D eigenvalue weighted by Gasteiger charge is -2.38. The third-order valence-electron chi connectivity index (χ3n) is 4.74. The van der Waals surface area contributed by atoms with E-state index in [0.717, 1.165) is 0 Å². The molecule has 3 atom stereocenters. The molecule has 0 spiro atoms. The molecule has 2 unspecified atom stereocenters. The maximum absolute atomic E-state index is 6.33. The van der Waals surface area contributed by atoms with E-state index in [1.54, 1.807) is 4.42 Å². The van der Waals surface area contributed by atoms with Crippen LogP contribution < -0.4 is 0 Å². The Balaban J connectivity index is 1.99. The highest BCUT2D eigenvalue weighted by Gasteiger charge is 2.53. The standard InChI is InChI=1S/C14H28ClNO3Si/c1-13(2,3)20(6,7)17-9-10-12-11(8-16(10)15)18-14(4,5)19-12/h10-12H,8-9H2,1-7H3/t10-,11?,12?/m1/s1. The molecule has 2 fully saturated rings. The first kappa shape index (κ1) is 16.7. The van der Waals surface area contributed by atoms with Crippen LogP contribution in [0.25, 0.3) is 0 Å². The van der Waals surface area contributed by atoms with Crippen molar-refractivity contribution in [1.29, 1.82) is 0 Å². The van der Waals surface area contributed by atoms with Gasteiger partial charge in [-0.3, -0.25) is 0 Å². The fourth-order valence-corrected chi connectivity index (χ4v) is 3.81. The van der Waals surface area contributed by atoms with E-state index < -0.39 is 14.1 Å². The molecular weight excluding hydrogens is 294 g/mol. The molecule has 4 nitrogen and oxygen atoms in total. The number of ether oxygens (including phenoxy) is 2. The minimum Gasteiger partial charge on any atom is -0.415 e. The van der Waals surface area contributed by atoms with Crippen LogP contribution in [0.15, 0.2) is 0 Å². The monoisotopic (exact) mass is 321 g/mol. The topological polar surface area (TPSA) is 30.9 Å². The Bertz CT molecular complexity index is 370. The van der Waals surface area contributed by atoms with Gasteiger partial charge in [0, 0.05) is 6.54 Å². The molecule has 0 aromatic carbocycles. The van der Waals surface area contributed by atoms with Crippen molar-refractivity contribution in [2.45, 2.75) is 76.8 Å². The summed E-state index contributed by atoms with van der Waals surface area (Å²) in [5.41, 5.74) is 0. The highest BCUT2D eigenvalue weighted by Crippen LogP contribution is 2.40. The van der Waals surface area contributed by atoms with Crippen LogP contribution in [-0.2, 0) is 13.9 Å². The lowest BCUT2D eigenvalue weighted by molar-refractivity contribution is -0.158. The second-order valence-corrected chi connectivity index (χ2v) is 13.1. The average molecular weight is 322 g/mol. The van der Waals surface area contributed by atoms with Crippen molar-refractivity contribution in [2.75, 3.05) is 13.2 Å². The summed E-state index contributed by atoms with van der Waals surface area (Å²) < 4.78 is 20.0. The van der Waals surface area contributed by atoms with E-state index >= 15 is 0 Å². The Morgan fingerprint density at radius 1 is 1.30 bits per heavy atom. The molecule has 2 aliphatic rings. The van der Waals surface area contributed by atoms with E-state index in [9.17, 15) is 0 Å². The minimum absolute atomic E-state index is 0.00673. The number of halogens is 1. The molecule has 0 saturated carbocycles. The third kappa shape index (κ3) is 3.23. The smallest absolute Gasteiger partial charge is 0.192 e. The predicted molar refractivity (Wildman–Crippen MR) is 83.3 cm³/mol. The highest BCUT2D eigenvalue weighted by atomic mass is 35.5. The van der Waals surface area contributed by atoms with Crippen LogP contribution >= 0.6 is 11.8 Å². The van der Waals surface area contributed by atoms with E-state index in [-0.39, 0.29) is 23.3 Å². The van der Waals surface area contributed by atoms with Gasteiger partial charge in [0.1, 0.15) is 12.2 Å². The van der Waals surface area contributed by atoms with Crippen molar-refractivity contribution < 1.29 is 13.9 Å². The van der Waals surface area contributed by atoms with Crippen LogP contribution in [-0.4, -0.2) is 49.9 Å². The van der Waals surface area contributed by atoms with Crippen molar-refractivity contribution in [1.82, 2.24) is 4.42 Å². The summed E-state index contributed by atoms with van der Waals surface area (Å²) in [4.78, 5) is 0. The Kier molecular flexibility index (Phi) is 4.36. The van der Waals surface area contributed by atoms with Crippen LogP contribution in [0, 0.1) is 0 Å². The molecule has 0 radical (unpaired) electrons. The van der Waals surface area contributed by atoms with Crippen LogP contribution in [0.5, 0.6) is 0 Å². The van der Waals surface area contributed by atoms with Crippen molar-refractivity contribution in [3.63, 3.8) is 0 Å². The van der Waals surface area contributed by atoms with Gasteiger partial charge in [-0.1, -0.05) is 20.8 Å². The Morgan fingerprint density at radius 2 is 1.90 bits per heavy atom. The van der Waals surface area contributed by atoms with Gasteiger partial charge >= 0.3 is 0 Å². The lowest BCUT2D eigenvalue weighted by Crippen LogP contribution is -2.46. The largest absolute Gasteiger partial charge is 0.415 e. The van der Waals surface area contributed by atoms with E-state index in [1.807, 2.05) is 13.8 Å². The van der Waals surface area contributed by atoms with Gasteiger partial charge in [0.2, 0.25) is 0 Å². The number of nitrogens with zero attached hydrogens (tertiary/aromatic N) is 1. The molecule has 0 aromatic rings. The Hall–Kier alpha value is 0.347. The quantitative estimate of drug-likeness (QED) is 0.589. The second kappa shape index (κ2) is 5.21. The highest BCUT2D eigenvalue weighted by molar-refractivity contribution is 6.74. The Labute approximate surface area is 128 Å². The van der Waals surface area contributed by atoms with Gasteiger partial charge in [-0.15, -0.1) is 0 Å². The van der Waals surface area contributed by atoms with Crippen LogP contribution in [0.4, 0.5) is 0 Å². The molecule has 118 valence electrons. The summed E-state index contributed by atoms with van der Waals surface area (Å²) in [6.07, 6.45) is 0.0581. The molecule has 0 aromatic heterocycles. The van der Waals surface area contributed by atoms with Crippen molar-refractivity contribution in [3.8, 4) is 0 Å². The molecule has 6 heteroatoms. The zero-order valence-corrected chi connectivity index (χ0v) is 15.5. The van der Waals surface area contributed by atoms with E-state index in [4.69, 9.17) is 25.7 Å². The van der Waals surface area contributed by atoms with Gasteiger partial charge in [0.15, 0.2) is 14.1 Å². The third-order valence-corrected chi connectivity index (χ3v) is 9.63. The molecule has 2 rings (SSSR count). The fourth-order valence-electron chi connectivity index (χ4n) is 2.48. The Morgan fingerprint density at radius 3 is 2.45 bits per heavy atom. The van der Waals surface area contributed by atoms with Gasteiger partial charge in [0.05, 0.1) is 12.6 Å². The average Bonchev–Trinajstić information content (AvgIpc) is 2.64. The number of hydrogen-bond donors (Lipinski definition) is 0. The predicted octanol–water partition coefficient (Wildman–Crippen LogP) is 3.37. The van der Waals surface area contributed by atoms with Crippen molar-refractivity contribution in [3.05, 3.63) is 0 Å². The number of rotatable bonds is 3. The zero-order valence-electron chi connectivity index (χ0n) is 13.7. The van der Waals surface area contributed by atoms with Gasteiger partial charge < -0.3 is 13.9 Å². The molecule has 0 aliphatic carbocycles. The van der Waals surface area contributed by atoms with Crippen molar-refractivity contribution in [2.24, 2.45) is 0 Å². The summed E-state index contributed by atoms with van der Waals surface area (Å²) in [6, 6.07) is 0.0672.